The normalized spacial score (nSPS) is 10.5. The summed E-state index contributed by atoms with van der Waals surface area (Å²) in [6.07, 6.45) is 0. The first-order valence-electron chi connectivity index (χ1n) is 5.40. The molecule has 0 unspecified atom stereocenters. The molecule has 0 atom stereocenters. The average molecular weight is 246 g/mol. The third kappa shape index (κ3) is 2.28. The monoisotopic (exact) mass is 246 g/mol. The van der Waals surface area contributed by atoms with Crippen LogP contribution in [0.4, 0.5) is 0 Å². The van der Waals surface area contributed by atoms with Crippen LogP contribution in [0.2, 0.25) is 0 Å². The number of nitrogens with zero attached hydrogens (tertiary/aromatic N) is 1. The fourth-order valence-electron chi connectivity index (χ4n) is 1.75. The van der Waals surface area contributed by atoms with Gasteiger partial charge in [-0.2, -0.15) is 0 Å². The van der Waals surface area contributed by atoms with Gasteiger partial charge in [0.1, 0.15) is 5.01 Å². The molecule has 0 fully saturated rings. The molecule has 0 bridgehead atoms. The minimum absolute atomic E-state index is 0.0662. The van der Waals surface area contributed by atoms with Gasteiger partial charge in [-0.15, -0.1) is 11.3 Å². The summed E-state index contributed by atoms with van der Waals surface area (Å²) >= 11 is 1.43. The maximum absolute atomic E-state index is 11.4. The van der Waals surface area contributed by atoms with Crippen LogP contribution in [0.1, 0.15) is 27.9 Å². The zero-order valence-corrected chi connectivity index (χ0v) is 10.7. The Morgan fingerprint density at radius 1 is 1.41 bits per heavy atom. The molecule has 88 valence electrons. The van der Waals surface area contributed by atoms with Crippen molar-refractivity contribution in [3.8, 4) is 10.6 Å². The number of nitrogens with two attached hydrogens (primary N) is 1. The molecule has 1 heterocycles. The third-order valence-electron chi connectivity index (χ3n) is 2.58. The fraction of sp³-hybridized carbons (Fsp3) is 0.231. The highest BCUT2D eigenvalue weighted by atomic mass is 32.1. The molecule has 0 saturated heterocycles. The summed E-state index contributed by atoms with van der Waals surface area (Å²) in [6, 6.07) is 7.89. The maximum atomic E-state index is 11.4. The number of carbonyl (C=O) groups excluding carboxylic acids is 1. The first-order chi connectivity index (χ1) is 8.13. The number of thiazole rings is 1. The van der Waals surface area contributed by atoms with Crippen LogP contribution in [0.5, 0.6) is 0 Å². The second kappa shape index (κ2) is 4.77. The lowest BCUT2D eigenvalue weighted by Crippen LogP contribution is -1.98. The van der Waals surface area contributed by atoms with E-state index >= 15 is 0 Å². The minimum Gasteiger partial charge on any atom is -0.326 e. The summed E-state index contributed by atoms with van der Waals surface area (Å²) in [5.41, 5.74) is 8.57. The largest absolute Gasteiger partial charge is 0.326 e. The van der Waals surface area contributed by atoms with Gasteiger partial charge in [0.2, 0.25) is 0 Å². The Kier molecular flexibility index (Phi) is 3.36. The predicted molar refractivity (Wildman–Crippen MR) is 70.2 cm³/mol. The van der Waals surface area contributed by atoms with Gasteiger partial charge in [-0.25, -0.2) is 4.98 Å². The van der Waals surface area contributed by atoms with Crippen LogP contribution in [0, 0.1) is 6.92 Å². The molecule has 2 aromatic rings. The SMILES string of the molecule is CC(=O)c1sc(-c2ccccc2CN)nc1C. The van der Waals surface area contributed by atoms with Gasteiger partial charge in [-0.3, -0.25) is 4.79 Å². The number of aryl methyl sites for hydroxylation is 1. The molecule has 0 saturated carbocycles. The summed E-state index contributed by atoms with van der Waals surface area (Å²) in [5, 5.41) is 0.869. The van der Waals surface area contributed by atoms with Crippen molar-refractivity contribution in [1.82, 2.24) is 4.98 Å². The molecule has 17 heavy (non-hydrogen) atoms. The summed E-state index contributed by atoms with van der Waals surface area (Å²) in [7, 11) is 0. The molecule has 0 spiro atoms. The molecule has 4 heteroatoms. The van der Waals surface area contributed by atoms with Crippen molar-refractivity contribution in [1.29, 1.82) is 0 Å². The Hall–Kier alpha value is -1.52. The van der Waals surface area contributed by atoms with Crippen LogP contribution in [-0.4, -0.2) is 10.8 Å². The van der Waals surface area contributed by atoms with Crippen LogP contribution in [0.15, 0.2) is 24.3 Å². The van der Waals surface area contributed by atoms with Crippen molar-refractivity contribution < 1.29 is 4.79 Å². The lowest BCUT2D eigenvalue weighted by molar-refractivity contribution is 0.102. The van der Waals surface area contributed by atoms with E-state index < -0.39 is 0 Å². The van der Waals surface area contributed by atoms with Gasteiger partial charge in [-0.05, 0) is 12.5 Å². The molecule has 2 rings (SSSR count). The van der Waals surface area contributed by atoms with Gasteiger partial charge in [0.25, 0.3) is 0 Å². The van der Waals surface area contributed by atoms with E-state index in [9.17, 15) is 4.79 Å². The lowest BCUT2D eigenvalue weighted by atomic mass is 10.1. The highest BCUT2D eigenvalue weighted by Gasteiger charge is 2.14. The van der Waals surface area contributed by atoms with Crippen LogP contribution in [0.25, 0.3) is 10.6 Å². The summed E-state index contributed by atoms with van der Waals surface area (Å²) in [6.45, 7) is 3.91. The first-order valence-corrected chi connectivity index (χ1v) is 6.22. The molecule has 0 aliphatic heterocycles. The van der Waals surface area contributed by atoms with Crippen LogP contribution in [0.3, 0.4) is 0 Å². The number of rotatable bonds is 3. The average Bonchev–Trinajstić information content (AvgIpc) is 2.71. The van der Waals surface area contributed by atoms with Crippen molar-refractivity contribution in [3.05, 3.63) is 40.4 Å². The van der Waals surface area contributed by atoms with E-state index in [-0.39, 0.29) is 5.78 Å². The van der Waals surface area contributed by atoms with Gasteiger partial charge in [0, 0.05) is 19.0 Å². The molecule has 1 aromatic heterocycles. The number of hydrogen-bond donors (Lipinski definition) is 1. The van der Waals surface area contributed by atoms with E-state index in [1.807, 2.05) is 31.2 Å². The smallest absolute Gasteiger partial charge is 0.171 e. The molecule has 2 N–H and O–H groups in total. The van der Waals surface area contributed by atoms with E-state index in [0.29, 0.717) is 6.54 Å². The van der Waals surface area contributed by atoms with Crippen LogP contribution >= 0.6 is 11.3 Å². The Morgan fingerprint density at radius 2 is 2.12 bits per heavy atom. The Labute approximate surface area is 104 Å². The highest BCUT2D eigenvalue weighted by Crippen LogP contribution is 2.30. The zero-order chi connectivity index (χ0) is 12.4. The highest BCUT2D eigenvalue weighted by molar-refractivity contribution is 7.17. The van der Waals surface area contributed by atoms with E-state index in [4.69, 9.17) is 5.73 Å². The van der Waals surface area contributed by atoms with Crippen molar-refractivity contribution in [2.75, 3.05) is 0 Å². The number of aromatic nitrogens is 1. The second-order valence-electron chi connectivity index (χ2n) is 3.85. The Balaban J connectivity index is 2.53. The Morgan fingerprint density at radius 3 is 2.71 bits per heavy atom. The van der Waals surface area contributed by atoms with Crippen molar-refractivity contribution in [3.63, 3.8) is 0 Å². The maximum Gasteiger partial charge on any atom is 0.171 e. The van der Waals surface area contributed by atoms with Crippen molar-refractivity contribution in [2.45, 2.75) is 20.4 Å². The molecule has 3 nitrogen and oxygen atoms in total. The number of Topliss-reactive ketones (excluding diaryl/α,β-unsaturated/α-hetero) is 1. The number of carbonyl (C=O) groups is 1. The minimum atomic E-state index is 0.0662. The molecule has 0 radical (unpaired) electrons. The molecular formula is C13H14N2OS. The molecule has 0 aliphatic carbocycles. The molecule has 1 aromatic carbocycles. The first kappa shape index (κ1) is 12.0. The third-order valence-corrected chi connectivity index (χ3v) is 3.88. The topological polar surface area (TPSA) is 56.0 Å². The van der Waals surface area contributed by atoms with Gasteiger partial charge in [0.15, 0.2) is 5.78 Å². The predicted octanol–water partition coefficient (Wildman–Crippen LogP) is 2.78. The van der Waals surface area contributed by atoms with Gasteiger partial charge in [-0.1, -0.05) is 24.3 Å². The van der Waals surface area contributed by atoms with Crippen molar-refractivity contribution >= 4 is 17.1 Å². The summed E-state index contributed by atoms with van der Waals surface area (Å²) < 4.78 is 0. The number of benzene rings is 1. The van der Waals surface area contributed by atoms with Crippen molar-refractivity contribution in [2.24, 2.45) is 5.73 Å². The van der Waals surface area contributed by atoms with Crippen LogP contribution < -0.4 is 5.73 Å². The standard InChI is InChI=1S/C13H14N2OS/c1-8-12(9(2)16)17-13(15-8)11-6-4-3-5-10(11)7-14/h3-6H,7,14H2,1-2H3. The molecular weight excluding hydrogens is 232 g/mol. The fourth-order valence-corrected chi connectivity index (χ4v) is 2.77. The summed E-state index contributed by atoms with van der Waals surface area (Å²) in [5.74, 6) is 0.0662. The van der Waals surface area contributed by atoms with Gasteiger partial charge >= 0.3 is 0 Å². The molecule has 0 amide bonds. The van der Waals surface area contributed by atoms with Gasteiger partial charge in [0.05, 0.1) is 10.6 Å². The quantitative estimate of drug-likeness (QED) is 0.847. The number of hydrogen-bond acceptors (Lipinski definition) is 4. The van der Waals surface area contributed by atoms with E-state index in [2.05, 4.69) is 4.98 Å². The summed E-state index contributed by atoms with van der Waals surface area (Å²) in [4.78, 5) is 16.6. The van der Waals surface area contributed by atoms with Gasteiger partial charge < -0.3 is 5.73 Å². The lowest BCUT2D eigenvalue weighted by Gasteiger charge is -2.03. The zero-order valence-electron chi connectivity index (χ0n) is 9.86. The second-order valence-corrected chi connectivity index (χ2v) is 4.85. The van der Waals surface area contributed by atoms with E-state index in [1.54, 1.807) is 6.92 Å². The number of ketones is 1. The van der Waals surface area contributed by atoms with E-state index in [0.717, 1.165) is 26.7 Å². The molecule has 0 aliphatic rings. The Bertz CT molecular complexity index is 560. The van der Waals surface area contributed by atoms with E-state index in [1.165, 1.54) is 11.3 Å². The van der Waals surface area contributed by atoms with Crippen LogP contribution in [-0.2, 0) is 6.54 Å².